The molecule has 0 aliphatic carbocycles. The fraction of sp³-hybridized carbons (Fsp3) is 0.273. The van der Waals surface area contributed by atoms with Gasteiger partial charge < -0.3 is 9.80 Å². The van der Waals surface area contributed by atoms with E-state index in [9.17, 15) is 0 Å². The van der Waals surface area contributed by atoms with E-state index in [1.54, 1.807) is 21.1 Å². The molecule has 0 atom stereocenters. The number of quaternary nitrogens is 2. The van der Waals surface area contributed by atoms with Gasteiger partial charge in [-0.1, -0.05) is 35.9 Å². The SMILES string of the molecule is N#Cc1ccc(C[NH+]2CC[NH+](Cc3csc(-c4ccc(Cl)cc4)n3)CC2)cc1. The van der Waals surface area contributed by atoms with Crippen LogP contribution in [0.4, 0.5) is 0 Å². The maximum absolute atomic E-state index is 8.91. The van der Waals surface area contributed by atoms with Gasteiger partial charge in [-0.25, -0.2) is 4.98 Å². The molecule has 0 bridgehead atoms. The number of thiazole rings is 1. The Morgan fingerprint density at radius 1 is 0.929 bits per heavy atom. The Balaban J connectivity index is 1.28. The zero-order valence-corrected chi connectivity index (χ0v) is 17.2. The van der Waals surface area contributed by atoms with Gasteiger partial charge in [0.1, 0.15) is 50.0 Å². The van der Waals surface area contributed by atoms with E-state index in [1.807, 2.05) is 36.4 Å². The van der Waals surface area contributed by atoms with Crippen LogP contribution >= 0.6 is 22.9 Å². The molecule has 1 aliphatic heterocycles. The van der Waals surface area contributed by atoms with Crippen LogP contribution in [0.25, 0.3) is 10.6 Å². The Morgan fingerprint density at radius 2 is 1.57 bits per heavy atom. The van der Waals surface area contributed by atoms with Crippen molar-refractivity contribution in [1.82, 2.24) is 4.98 Å². The number of nitriles is 1. The molecule has 0 saturated carbocycles. The highest BCUT2D eigenvalue weighted by Gasteiger charge is 2.24. The van der Waals surface area contributed by atoms with Crippen LogP contribution in [0.5, 0.6) is 0 Å². The first-order valence-electron chi connectivity index (χ1n) is 9.56. The maximum Gasteiger partial charge on any atom is 0.127 e. The van der Waals surface area contributed by atoms with E-state index in [1.165, 1.54) is 37.4 Å². The van der Waals surface area contributed by atoms with Crippen molar-refractivity contribution in [1.29, 1.82) is 5.26 Å². The molecule has 4 nitrogen and oxygen atoms in total. The summed E-state index contributed by atoms with van der Waals surface area (Å²) < 4.78 is 0. The highest BCUT2D eigenvalue weighted by molar-refractivity contribution is 7.13. The topological polar surface area (TPSA) is 45.6 Å². The van der Waals surface area contributed by atoms with E-state index in [2.05, 4.69) is 23.6 Å². The molecule has 28 heavy (non-hydrogen) atoms. The molecule has 1 aromatic heterocycles. The summed E-state index contributed by atoms with van der Waals surface area (Å²) in [5, 5.41) is 12.9. The summed E-state index contributed by atoms with van der Waals surface area (Å²) in [6.45, 7) is 6.70. The van der Waals surface area contributed by atoms with Gasteiger partial charge in [-0.05, 0) is 24.3 Å². The quantitative estimate of drug-likeness (QED) is 0.674. The second-order valence-electron chi connectivity index (χ2n) is 7.31. The first-order valence-corrected chi connectivity index (χ1v) is 10.8. The summed E-state index contributed by atoms with van der Waals surface area (Å²) in [7, 11) is 0. The van der Waals surface area contributed by atoms with Gasteiger partial charge in [-0.3, -0.25) is 0 Å². The van der Waals surface area contributed by atoms with E-state index in [-0.39, 0.29) is 0 Å². The van der Waals surface area contributed by atoms with Crippen LogP contribution in [-0.2, 0) is 13.1 Å². The molecule has 2 heterocycles. The third-order valence-electron chi connectivity index (χ3n) is 5.28. The first kappa shape index (κ1) is 19.1. The lowest BCUT2D eigenvalue weighted by Gasteiger charge is -2.29. The Hall–Kier alpha value is -2.23. The number of nitrogens with one attached hydrogen (secondary N) is 2. The van der Waals surface area contributed by atoms with Crippen molar-refractivity contribution in [3.63, 3.8) is 0 Å². The lowest BCUT2D eigenvalue weighted by molar-refractivity contribution is -1.02. The molecule has 0 radical (unpaired) electrons. The average molecular weight is 411 g/mol. The lowest BCUT2D eigenvalue weighted by Crippen LogP contribution is -3.27. The molecule has 142 valence electrons. The van der Waals surface area contributed by atoms with Gasteiger partial charge in [0.15, 0.2) is 0 Å². The maximum atomic E-state index is 8.91. The zero-order chi connectivity index (χ0) is 19.3. The molecule has 1 fully saturated rings. The van der Waals surface area contributed by atoms with Crippen LogP contribution in [-0.4, -0.2) is 31.2 Å². The lowest BCUT2D eigenvalue weighted by atomic mass is 10.1. The van der Waals surface area contributed by atoms with Crippen LogP contribution in [0.1, 0.15) is 16.8 Å². The van der Waals surface area contributed by atoms with Crippen molar-refractivity contribution in [3.05, 3.63) is 75.8 Å². The molecule has 6 heteroatoms. The Bertz CT molecular complexity index is 951. The molecule has 2 aromatic carbocycles. The Labute approximate surface area is 174 Å². The third kappa shape index (κ3) is 4.78. The number of nitrogens with zero attached hydrogens (tertiary/aromatic N) is 2. The number of hydrogen-bond acceptors (Lipinski definition) is 3. The summed E-state index contributed by atoms with van der Waals surface area (Å²) in [5.41, 5.74) is 4.35. The molecule has 1 aliphatic rings. The molecular weight excluding hydrogens is 388 g/mol. The van der Waals surface area contributed by atoms with Crippen molar-refractivity contribution in [2.45, 2.75) is 13.1 Å². The van der Waals surface area contributed by atoms with Crippen molar-refractivity contribution in [2.75, 3.05) is 26.2 Å². The van der Waals surface area contributed by atoms with Gasteiger partial charge in [-0.2, -0.15) is 5.26 Å². The van der Waals surface area contributed by atoms with Gasteiger partial charge in [-0.15, -0.1) is 11.3 Å². The summed E-state index contributed by atoms with van der Waals surface area (Å²) in [4.78, 5) is 8.06. The van der Waals surface area contributed by atoms with Crippen molar-refractivity contribution in [2.24, 2.45) is 0 Å². The number of halogens is 1. The molecule has 2 N–H and O–H groups in total. The second kappa shape index (κ2) is 8.85. The number of benzene rings is 2. The number of aromatic nitrogens is 1. The third-order valence-corrected chi connectivity index (χ3v) is 6.47. The molecule has 0 unspecified atom stereocenters. The molecule has 3 aromatic rings. The second-order valence-corrected chi connectivity index (χ2v) is 8.61. The zero-order valence-electron chi connectivity index (χ0n) is 15.6. The van der Waals surface area contributed by atoms with Crippen molar-refractivity contribution < 1.29 is 9.80 Å². The number of rotatable bonds is 5. The summed E-state index contributed by atoms with van der Waals surface area (Å²) in [5.74, 6) is 0. The van der Waals surface area contributed by atoms with Crippen LogP contribution in [0.15, 0.2) is 53.9 Å². The van der Waals surface area contributed by atoms with E-state index >= 15 is 0 Å². The monoisotopic (exact) mass is 410 g/mol. The van der Waals surface area contributed by atoms with E-state index in [0.29, 0.717) is 0 Å². The first-order chi connectivity index (χ1) is 13.7. The molecule has 1 saturated heterocycles. The number of hydrogen-bond donors (Lipinski definition) is 2. The predicted octanol–water partition coefficient (Wildman–Crippen LogP) is 1.82. The van der Waals surface area contributed by atoms with Gasteiger partial charge in [0.2, 0.25) is 0 Å². The Morgan fingerprint density at radius 3 is 2.21 bits per heavy atom. The van der Waals surface area contributed by atoms with Crippen LogP contribution in [0.2, 0.25) is 5.02 Å². The highest BCUT2D eigenvalue weighted by atomic mass is 35.5. The van der Waals surface area contributed by atoms with Gasteiger partial charge >= 0.3 is 0 Å². The minimum atomic E-state index is 0.731. The molecule has 4 rings (SSSR count). The molecule has 0 amide bonds. The summed E-state index contributed by atoms with van der Waals surface area (Å²) in [6.07, 6.45) is 0. The fourth-order valence-corrected chi connectivity index (χ4v) is 4.62. The normalized spacial score (nSPS) is 19.3. The average Bonchev–Trinajstić information content (AvgIpc) is 3.19. The van der Waals surface area contributed by atoms with Crippen LogP contribution in [0, 0.1) is 11.3 Å². The van der Waals surface area contributed by atoms with Gasteiger partial charge in [0.25, 0.3) is 0 Å². The van der Waals surface area contributed by atoms with Crippen molar-refractivity contribution in [3.8, 4) is 16.6 Å². The minimum Gasteiger partial charge on any atom is -0.322 e. The molecule has 0 spiro atoms. The van der Waals surface area contributed by atoms with Crippen LogP contribution in [0.3, 0.4) is 0 Å². The Kier molecular flexibility index (Phi) is 6.04. The minimum absolute atomic E-state index is 0.731. The number of piperazine rings is 1. The van der Waals surface area contributed by atoms with E-state index < -0.39 is 0 Å². The fourth-order valence-electron chi connectivity index (χ4n) is 3.67. The highest BCUT2D eigenvalue weighted by Crippen LogP contribution is 2.24. The predicted molar refractivity (Wildman–Crippen MR) is 113 cm³/mol. The molecular formula is C22H23ClN4S+2. The van der Waals surface area contributed by atoms with Crippen molar-refractivity contribution >= 4 is 22.9 Å². The van der Waals surface area contributed by atoms with E-state index in [0.717, 1.165) is 34.2 Å². The van der Waals surface area contributed by atoms with Gasteiger partial charge in [0.05, 0.1) is 11.6 Å². The summed E-state index contributed by atoms with van der Waals surface area (Å²) >= 11 is 7.68. The standard InChI is InChI=1S/C22H21ClN4S/c23-20-7-5-19(6-8-20)22-25-21(16-28-22)15-27-11-9-26(10-12-27)14-18-3-1-17(13-24)2-4-18/h1-8,16H,9-12,14-15H2/p+2. The smallest absolute Gasteiger partial charge is 0.127 e. The van der Waals surface area contributed by atoms with Gasteiger partial charge in [0, 0.05) is 21.5 Å². The summed E-state index contributed by atoms with van der Waals surface area (Å²) in [6, 6.07) is 18.1. The van der Waals surface area contributed by atoms with Crippen LogP contribution < -0.4 is 9.80 Å². The van der Waals surface area contributed by atoms with E-state index in [4.69, 9.17) is 21.8 Å². The largest absolute Gasteiger partial charge is 0.322 e.